The van der Waals surface area contributed by atoms with Crippen LogP contribution in [-0.2, 0) is 4.79 Å². The van der Waals surface area contributed by atoms with Crippen molar-refractivity contribution in [2.24, 2.45) is 0 Å². The number of carbonyl (C=O) groups is 2. The van der Waals surface area contributed by atoms with Gasteiger partial charge >= 0.3 is 0 Å². The normalized spacial score (nSPS) is 16.3. The minimum absolute atomic E-state index is 0.0400. The van der Waals surface area contributed by atoms with Crippen molar-refractivity contribution in [3.05, 3.63) is 50.7 Å². The van der Waals surface area contributed by atoms with E-state index in [9.17, 15) is 14.7 Å². The van der Waals surface area contributed by atoms with Crippen molar-refractivity contribution in [2.45, 2.75) is 26.3 Å². The maximum Gasteiger partial charge on any atom is 0.290 e. The first-order chi connectivity index (χ1) is 15.2. The molecule has 1 aromatic heterocycles. The van der Waals surface area contributed by atoms with E-state index < -0.39 is 23.5 Å². The van der Waals surface area contributed by atoms with Gasteiger partial charge < -0.3 is 24.4 Å². The number of aryl methyl sites for hydroxylation is 2. The molecule has 0 saturated heterocycles. The van der Waals surface area contributed by atoms with Gasteiger partial charge in [0.15, 0.2) is 17.3 Å². The standard InChI is InChI=1S/C23H29N3O5S/c1-13-22(32-14(2)24-13)19(27)17-18(15-9-7-10-16(30-5)21(15)31-6)26(23(29)20(17)28)12-8-11-25(3)4/h7,9-10,18,28H,8,11-12H2,1-6H3/t18-/m0/s1. The summed E-state index contributed by atoms with van der Waals surface area (Å²) in [6.07, 6.45) is 0.676. The van der Waals surface area contributed by atoms with Crippen LogP contribution >= 0.6 is 11.3 Å². The fourth-order valence-corrected chi connectivity index (χ4v) is 4.86. The summed E-state index contributed by atoms with van der Waals surface area (Å²) in [6.45, 7) is 4.69. The maximum atomic E-state index is 13.6. The van der Waals surface area contributed by atoms with Gasteiger partial charge in [-0.3, -0.25) is 9.59 Å². The fraction of sp³-hybridized carbons (Fsp3) is 0.435. The molecular weight excluding hydrogens is 430 g/mol. The number of benzene rings is 1. The molecule has 1 atom stereocenters. The number of nitrogens with zero attached hydrogens (tertiary/aromatic N) is 3. The molecular formula is C23H29N3O5S. The van der Waals surface area contributed by atoms with E-state index in [2.05, 4.69) is 4.98 Å². The predicted molar refractivity (Wildman–Crippen MR) is 123 cm³/mol. The number of carbonyl (C=O) groups excluding carboxylic acids is 2. The van der Waals surface area contributed by atoms with Crippen LogP contribution in [0, 0.1) is 13.8 Å². The number of thiazole rings is 1. The van der Waals surface area contributed by atoms with E-state index >= 15 is 0 Å². The third kappa shape index (κ3) is 4.35. The summed E-state index contributed by atoms with van der Waals surface area (Å²) in [5, 5.41) is 11.6. The Kier molecular flexibility index (Phi) is 7.20. The van der Waals surface area contributed by atoms with Crippen molar-refractivity contribution in [3.8, 4) is 11.5 Å². The quantitative estimate of drug-likeness (QED) is 0.575. The summed E-state index contributed by atoms with van der Waals surface area (Å²) < 4.78 is 11.0. The van der Waals surface area contributed by atoms with E-state index in [1.807, 2.05) is 25.9 Å². The highest BCUT2D eigenvalue weighted by molar-refractivity contribution is 7.14. The van der Waals surface area contributed by atoms with Crippen LogP contribution < -0.4 is 9.47 Å². The zero-order valence-corrected chi connectivity index (χ0v) is 20.1. The number of aliphatic hydroxyl groups is 1. The molecule has 0 spiro atoms. The van der Waals surface area contributed by atoms with E-state index in [0.29, 0.717) is 40.6 Å². The van der Waals surface area contributed by atoms with Gasteiger partial charge in [-0.1, -0.05) is 12.1 Å². The average Bonchev–Trinajstić information content (AvgIpc) is 3.22. The molecule has 32 heavy (non-hydrogen) atoms. The van der Waals surface area contributed by atoms with Crippen LogP contribution in [0.5, 0.6) is 11.5 Å². The van der Waals surface area contributed by atoms with Gasteiger partial charge in [0.05, 0.1) is 41.4 Å². The van der Waals surface area contributed by atoms with Crippen LogP contribution in [0.3, 0.4) is 0 Å². The summed E-state index contributed by atoms with van der Waals surface area (Å²) in [5.74, 6) is -0.596. The molecule has 1 aromatic carbocycles. The number of methoxy groups -OCH3 is 2. The first kappa shape index (κ1) is 23.7. The van der Waals surface area contributed by atoms with Crippen LogP contribution in [-0.4, -0.2) is 73.0 Å². The third-order valence-electron chi connectivity index (χ3n) is 5.39. The lowest BCUT2D eigenvalue weighted by Gasteiger charge is -2.28. The largest absolute Gasteiger partial charge is 0.503 e. The zero-order valence-electron chi connectivity index (χ0n) is 19.3. The molecule has 0 saturated carbocycles. The zero-order chi connectivity index (χ0) is 23.6. The van der Waals surface area contributed by atoms with Crippen LogP contribution in [0.1, 0.15) is 38.4 Å². The number of ketones is 1. The number of para-hydroxylation sites is 1. The molecule has 0 fully saturated rings. The molecule has 1 aliphatic rings. The van der Waals surface area contributed by atoms with E-state index in [-0.39, 0.29) is 5.57 Å². The second-order valence-corrected chi connectivity index (χ2v) is 9.08. The predicted octanol–water partition coefficient (Wildman–Crippen LogP) is 3.31. The molecule has 1 N–H and O–H groups in total. The second-order valence-electron chi connectivity index (χ2n) is 7.88. The Balaban J connectivity index is 2.14. The van der Waals surface area contributed by atoms with Crippen LogP contribution in [0.4, 0.5) is 0 Å². The third-order valence-corrected chi connectivity index (χ3v) is 6.46. The second kappa shape index (κ2) is 9.70. The lowest BCUT2D eigenvalue weighted by Crippen LogP contribution is -2.33. The Labute approximate surface area is 192 Å². The summed E-state index contributed by atoms with van der Waals surface area (Å²) in [7, 11) is 6.94. The smallest absolute Gasteiger partial charge is 0.290 e. The van der Waals surface area contributed by atoms with Gasteiger partial charge in [-0.2, -0.15) is 0 Å². The summed E-state index contributed by atoms with van der Waals surface area (Å²) in [6, 6.07) is 4.51. The molecule has 1 aliphatic heterocycles. The van der Waals surface area contributed by atoms with Gasteiger partial charge in [0, 0.05) is 12.1 Å². The highest BCUT2D eigenvalue weighted by atomic mass is 32.1. The van der Waals surface area contributed by atoms with Gasteiger partial charge in [0.1, 0.15) is 0 Å². The molecule has 8 nitrogen and oxygen atoms in total. The molecule has 1 amide bonds. The minimum Gasteiger partial charge on any atom is -0.503 e. The summed E-state index contributed by atoms with van der Waals surface area (Å²) >= 11 is 1.25. The minimum atomic E-state index is -0.802. The van der Waals surface area contributed by atoms with Crippen molar-refractivity contribution in [1.82, 2.24) is 14.8 Å². The van der Waals surface area contributed by atoms with Crippen molar-refractivity contribution in [2.75, 3.05) is 41.4 Å². The van der Waals surface area contributed by atoms with Gasteiger partial charge in [0.25, 0.3) is 5.91 Å². The molecule has 0 aliphatic carbocycles. The maximum absolute atomic E-state index is 13.6. The Morgan fingerprint density at radius 3 is 2.53 bits per heavy atom. The molecule has 2 aromatic rings. The number of Topliss-reactive ketones (excluding diaryl/α,β-unsaturated/α-hetero) is 1. The van der Waals surface area contributed by atoms with Crippen molar-refractivity contribution in [3.63, 3.8) is 0 Å². The SMILES string of the molecule is COc1cccc([C@H]2C(C(=O)c3sc(C)nc3C)=C(O)C(=O)N2CCCN(C)C)c1OC. The van der Waals surface area contributed by atoms with Gasteiger partial charge in [-0.05, 0) is 47.0 Å². The Morgan fingerprint density at radius 2 is 1.97 bits per heavy atom. The molecule has 3 rings (SSSR count). The van der Waals surface area contributed by atoms with E-state index in [4.69, 9.17) is 9.47 Å². The van der Waals surface area contributed by atoms with E-state index in [0.717, 1.165) is 11.6 Å². The number of aliphatic hydroxyl groups excluding tert-OH is 1. The van der Waals surface area contributed by atoms with E-state index in [1.54, 1.807) is 25.1 Å². The topological polar surface area (TPSA) is 92.2 Å². The van der Waals surface area contributed by atoms with Crippen molar-refractivity contribution < 1.29 is 24.2 Å². The number of hydrogen-bond donors (Lipinski definition) is 1. The highest BCUT2D eigenvalue weighted by Gasteiger charge is 2.45. The van der Waals surface area contributed by atoms with Crippen molar-refractivity contribution in [1.29, 1.82) is 0 Å². The van der Waals surface area contributed by atoms with Crippen LogP contribution in [0.15, 0.2) is 29.5 Å². The number of aromatic nitrogens is 1. The molecule has 0 bridgehead atoms. The molecule has 0 unspecified atom stereocenters. The number of ether oxygens (including phenoxy) is 2. The number of rotatable bonds is 9. The molecule has 172 valence electrons. The Morgan fingerprint density at radius 1 is 1.25 bits per heavy atom. The monoisotopic (exact) mass is 459 g/mol. The van der Waals surface area contributed by atoms with Gasteiger partial charge in [-0.15, -0.1) is 11.3 Å². The van der Waals surface area contributed by atoms with Crippen molar-refractivity contribution >= 4 is 23.0 Å². The Hall–Kier alpha value is -2.91. The Bertz CT molecular complexity index is 1060. The van der Waals surface area contributed by atoms with Gasteiger partial charge in [0.2, 0.25) is 5.78 Å². The first-order valence-electron chi connectivity index (χ1n) is 10.3. The van der Waals surface area contributed by atoms with Crippen LogP contribution in [0.2, 0.25) is 0 Å². The summed E-state index contributed by atoms with van der Waals surface area (Å²) in [4.78, 5) is 35.0. The number of amides is 1. The first-order valence-corrected chi connectivity index (χ1v) is 11.1. The lowest BCUT2D eigenvalue weighted by molar-refractivity contribution is -0.129. The lowest BCUT2D eigenvalue weighted by atomic mass is 9.94. The number of hydrogen-bond acceptors (Lipinski definition) is 8. The van der Waals surface area contributed by atoms with Crippen LogP contribution in [0.25, 0.3) is 0 Å². The molecule has 2 heterocycles. The molecule has 0 radical (unpaired) electrons. The average molecular weight is 460 g/mol. The van der Waals surface area contributed by atoms with E-state index in [1.165, 1.54) is 30.5 Å². The summed E-state index contributed by atoms with van der Waals surface area (Å²) in [5.41, 5.74) is 1.20. The fourth-order valence-electron chi connectivity index (χ4n) is 3.99. The van der Waals surface area contributed by atoms with Gasteiger partial charge in [-0.25, -0.2) is 4.98 Å². The molecule has 9 heteroatoms. The highest BCUT2D eigenvalue weighted by Crippen LogP contribution is 2.45.